The molecule has 1 aromatic carbocycles. The third-order valence-corrected chi connectivity index (χ3v) is 5.07. The topological polar surface area (TPSA) is 88.5 Å². The normalized spacial score (nSPS) is 11.1. The average molecular weight is 403 g/mol. The first kappa shape index (κ1) is 19.4. The zero-order valence-electron chi connectivity index (χ0n) is 15.5. The third-order valence-electron chi connectivity index (χ3n) is 3.89. The van der Waals surface area contributed by atoms with Gasteiger partial charge in [-0.05, 0) is 31.1 Å². The molecule has 9 heteroatoms. The Morgan fingerprint density at radius 1 is 1.37 bits per heavy atom. The van der Waals surface area contributed by atoms with E-state index >= 15 is 0 Å². The Labute approximate surface area is 166 Å². The Balaban J connectivity index is 1.65. The Bertz CT molecular complexity index is 988. The third kappa shape index (κ3) is 5.08. The van der Waals surface area contributed by atoms with Crippen molar-refractivity contribution in [1.82, 2.24) is 25.0 Å². The smallest absolute Gasteiger partial charge is 0.227 e. The van der Waals surface area contributed by atoms with Crippen molar-refractivity contribution >= 4 is 34.6 Å². The number of rotatable bonds is 7. The number of benzene rings is 1. The first-order valence-corrected chi connectivity index (χ1v) is 9.99. The molecule has 27 heavy (non-hydrogen) atoms. The maximum absolute atomic E-state index is 12.3. The molecule has 2 N–H and O–H groups in total. The lowest BCUT2D eigenvalue weighted by molar-refractivity contribution is -0.116. The van der Waals surface area contributed by atoms with Crippen LogP contribution in [0.15, 0.2) is 24.3 Å². The summed E-state index contributed by atoms with van der Waals surface area (Å²) in [5.74, 6) is 1.11. The molecular formula is C18H22N6OS2. The molecule has 0 radical (unpaired) electrons. The van der Waals surface area contributed by atoms with E-state index in [9.17, 15) is 4.79 Å². The highest BCUT2D eigenvalue weighted by Crippen LogP contribution is 2.20. The quantitative estimate of drug-likeness (QED) is 0.583. The van der Waals surface area contributed by atoms with Gasteiger partial charge in [-0.2, -0.15) is 5.10 Å². The van der Waals surface area contributed by atoms with Crippen molar-refractivity contribution in [3.05, 3.63) is 39.6 Å². The fraction of sp³-hybridized carbons (Fsp3) is 0.389. The van der Waals surface area contributed by atoms with Crippen LogP contribution in [-0.2, 0) is 17.8 Å². The molecule has 1 amide bonds. The van der Waals surface area contributed by atoms with Crippen LogP contribution in [0.2, 0.25) is 0 Å². The lowest BCUT2D eigenvalue weighted by Gasteiger charge is -2.07. The molecule has 142 valence electrons. The van der Waals surface area contributed by atoms with Crippen LogP contribution in [0.5, 0.6) is 0 Å². The van der Waals surface area contributed by atoms with Crippen LogP contribution in [0.4, 0.5) is 5.13 Å². The molecule has 7 nitrogen and oxygen atoms in total. The summed E-state index contributed by atoms with van der Waals surface area (Å²) in [4.78, 5) is 12.3. The van der Waals surface area contributed by atoms with E-state index in [-0.39, 0.29) is 12.3 Å². The summed E-state index contributed by atoms with van der Waals surface area (Å²) < 4.78 is 2.34. The van der Waals surface area contributed by atoms with Gasteiger partial charge in [-0.1, -0.05) is 48.9 Å². The summed E-state index contributed by atoms with van der Waals surface area (Å²) in [7, 11) is 0. The number of H-pyrrole nitrogens is 1. The molecule has 0 spiro atoms. The maximum atomic E-state index is 12.3. The minimum absolute atomic E-state index is 0.125. The van der Waals surface area contributed by atoms with Crippen molar-refractivity contribution in [3.8, 4) is 11.4 Å². The number of aromatic nitrogens is 5. The summed E-state index contributed by atoms with van der Waals surface area (Å²) in [6.07, 6.45) is 1.13. The minimum atomic E-state index is -0.125. The fourth-order valence-electron chi connectivity index (χ4n) is 2.66. The largest absolute Gasteiger partial charge is 0.300 e. The van der Waals surface area contributed by atoms with Gasteiger partial charge < -0.3 is 5.32 Å². The molecule has 2 heterocycles. The molecule has 0 aliphatic heterocycles. The predicted molar refractivity (Wildman–Crippen MR) is 109 cm³/mol. The molecule has 0 aliphatic carbocycles. The standard InChI is InChI=1S/C18H22N6OS2/c1-11(2)9-15-20-22-17(27-15)19-14(25)7-8-24-16(21-23-18(24)26)13-6-4-5-12(3)10-13/h4-6,10-11H,7-9H2,1-3H3,(H,23,26)(H,19,22,25). The SMILES string of the molecule is Cc1cccc(-c2n[nH]c(=S)n2CCC(=O)Nc2nnc(CC(C)C)s2)c1. The van der Waals surface area contributed by atoms with Gasteiger partial charge in [0.25, 0.3) is 0 Å². The second-order valence-corrected chi connectivity index (χ2v) is 8.22. The summed E-state index contributed by atoms with van der Waals surface area (Å²) in [6.45, 7) is 6.71. The zero-order valence-corrected chi connectivity index (χ0v) is 17.2. The Kier molecular flexibility index (Phi) is 6.12. The maximum Gasteiger partial charge on any atom is 0.227 e. The highest BCUT2D eigenvalue weighted by Gasteiger charge is 2.13. The molecule has 0 aliphatic rings. The molecule has 2 aromatic heterocycles. The van der Waals surface area contributed by atoms with E-state index < -0.39 is 0 Å². The number of nitrogens with one attached hydrogen (secondary N) is 2. The summed E-state index contributed by atoms with van der Waals surface area (Å²) in [5.41, 5.74) is 2.10. The second-order valence-electron chi connectivity index (χ2n) is 6.77. The Hall–Kier alpha value is -2.39. The summed E-state index contributed by atoms with van der Waals surface area (Å²) in [6, 6.07) is 8.02. The Morgan fingerprint density at radius 2 is 2.19 bits per heavy atom. The average Bonchev–Trinajstić information content (AvgIpc) is 3.19. The number of carbonyl (C=O) groups excluding carboxylic acids is 1. The Morgan fingerprint density at radius 3 is 2.93 bits per heavy atom. The summed E-state index contributed by atoms with van der Waals surface area (Å²) in [5, 5.41) is 19.6. The van der Waals surface area contributed by atoms with Gasteiger partial charge in [0, 0.05) is 24.9 Å². The van der Waals surface area contributed by atoms with Crippen LogP contribution in [0.25, 0.3) is 11.4 Å². The molecule has 3 aromatic rings. The summed E-state index contributed by atoms with van der Waals surface area (Å²) >= 11 is 6.74. The van der Waals surface area contributed by atoms with E-state index in [2.05, 4.69) is 39.6 Å². The molecular weight excluding hydrogens is 380 g/mol. The zero-order chi connectivity index (χ0) is 19.4. The number of aromatic amines is 1. The number of hydrogen-bond donors (Lipinski definition) is 2. The van der Waals surface area contributed by atoms with Gasteiger partial charge in [-0.3, -0.25) is 14.5 Å². The van der Waals surface area contributed by atoms with Gasteiger partial charge in [0.2, 0.25) is 11.0 Å². The molecule has 3 rings (SSSR count). The van der Waals surface area contributed by atoms with Crippen LogP contribution in [0.3, 0.4) is 0 Å². The van der Waals surface area contributed by atoms with Crippen LogP contribution < -0.4 is 5.32 Å². The van der Waals surface area contributed by atoms with Crippen LogP contribution >= 0.6 is 23.6 Å². The monoisotopic (exact) mass is 402 g/mol. The van der Waals surface area contributed by atoms with Crippen LogP contribution in [-0.4, -0.2) is 30.9 Å². The van der Waals surface area contributed by atoms with Gasteiger partial charge in [0.1, 0.15) is 5.01 Å². The fourth-order valence-corrected chi connectivity index (χ4v) is 3.85. The first-order valence-electron chi connectivity index (χ1n) is 8.77. The second kappa shape index (κ2) is 8.53. The lowest BCUT2D eigenvalue weighted by Crippen LogP contribution is -2.15. The number of aryl methyl sites for hydroxylation is 1. The molecule has 0 atom stereocenters. The van der Waals surface area contributed by atoms with Gasteiger partial charge in [-0.15, -0.1) is 10.2 Å². The van der Waals surface area contributed by atoms with E-state index in [4.69, 9.17) is 12.2 Å². The molecule has 0 saturated carbocycles. The number of nitrogens with zero attached hydrogens (tertiary/aromatic N) is 4. The van der Waals surface area contributed by atoms with E-state index in [1.807, 2.05) is 35.8 Å². The van der Waals surface area contributed by atoms with E-state index in [1.165, 1.54) is 11.3 Å². The van der Waals surface area contributed by atoms with Gasteiger partial charge in [-0.25, -0.2) is 0 Å². The number of amides is 1. The molecule has 0 saturated heterocycles. The van der Waals surface area contributed by atoms with Crippen molar-refractivity contribution in [2.24, 2.45) is 5.92 Å². The predicted octanol–water partition coefficient (Wildman–Crippen LogP) is 3.99. The number of hydrogen-bond acceptors (Lipinski definition) is 6. The van der Waals surface area contributed by atoms with Gasteiger partial charge >= 0.3 is 0 Å². The minimum Gasteiger partial charge on any atom is -0.300 e. The molecule has 0 unspecified atom stereocenters. The highest BCUT2D eigenvalue weighted by molar-refractivity contribution is 7.71. The van der Waals surface area contributed by atoms with Crippen molar-refractivity contribution < 1.29 is 4.79 Å². The van der Waals surface area contributed by atoms with E-state index in [1.54, 1.807) is 0 Å². The number of carbonyl (C=O) groups is 1. The highest BCUT2D eigenvalue weighted by atomic mass is 32.1. The first-order chi connectivity index (χ1) is 12.9. The van der Waals surface area contributed by atoms with Crippen molar-refractivity contribution in [3.63, 3.8) is 0 Å². The van der Waals surface area contributed by atoms with E-state index in [0.717, 1.165) is 28.4 Å². The van der Waals surface area contributed by atoms with Crippen molar-refractivity contribution in [2.75, 3.05) is 5.32 Å². The van der Waals surface area contributed by atoms with E-state index in [0.29, 0.717) is 22.4 Å². The van der Waals surface area contributed by atoms with Gasteiger partial charge in [0.15, 0.2) is 10.6 Å². The van der Waals surface area contributed by atoms with Crippen molar-refractivity contribution in [2.45, 2.75) is 40.2 Å². The van der Waals surface area contributed by atoms with Crippen LogP contribution in [0, 0.1) is 17.6 Å². The van der Waals surface area contributed by atoms with Crippen LogP contribution in [0.1, 0.15) is 30.8 Å². The van der Waals surface area contributed by atoms with Crippen molar-refractivity contribution in [1.29, 1.82) is 0 Å². The lowest BCUT2D eigenvalue weighted by atomic mass is 10.1. The van der Waals surface area contributed by atoms with Gasteiger partial charge in [0.05, 0.1) is 0 Å². The number of anilines is 1. The molecule has 0 bridgehead atoms. The molecule has 0 fully saturated rings.